The minimum atomic E-state index is -0.0245. The summed E-state index contributed by atoms with van der Waals surface area (Å²) in [4.78, 5) is 4.99. The second-order valence-electron chi connectivity index (χ2n) is 6.48. The molecule has 0 aromatic heterocycles. The summed E-state index contributed by atoms with van der Waals surface area (Å²) in [6.45, 7) is 3.81. The summed E-state index contributed by atoms with van der Waals surface area (Å²) < 4.78 is 0. The molecule has 0 radical (unpaired) electrons. The van der Waals surface area contributed by atoms with Crippen molar-refractivity contribution in [2.75, 3.05) is 33.7 Å². The molecule has 0 atom stereocenters. The predicted molar refractivity (Wildman–Crippen MR) is 75.7 cm³/mol. The van der Waals surface area contributed by atoms with E-state index in [9.17, 15) is 5.11 Å². The van der Waals surface area contributed by atoms with E-state index in [0.717, 1.165) is 24.8 Å². The highest BCUT2D eigenvalue weighted by Crippen LogP contribution is 2.24. The molecule has 2 rings (SSSR count). The number of likely N-dealkylation sites (tertiary alicyclic amines) is 1. The van der Waals surface area contributed by atoms with Gasteiger partial charge in [0.2, 0.25) is 0 Å². The van der Waals surface area contributed by atoms with Crippen LogP contribution in [0, 0.1) is 5.92 Å². The van der Waals surface area contributed by atoms with E-state index < -0.39 is 0 Å². The molecule has 0 amide bonds. The van der Waals surface area contributed by atoms with E-state index in [4.69, 9.17) is 0 Å². The van der Waals surface area contributed by atoms with E-state index in [1.54, 1.807) is 0 Å². The molecule has 3 heteroatoms. The number of rotatable bonds is 4. The van der Waals surface area contributed by atoms with Crippen molar-refractivity contribution in [3.63, 3.8) is 0 Å². The summed E-state index contributed by atoms with van der Waals surface area (Å²) in [5.74, 6) is 0.942. The summed E-state index contributed by atoms with van der Waals surface area (Å²) in [5, 5.41) is 9.54. The molecular formula is C15H30N2O. The summed E-state index contributed by atoms with van der Waals surface area (Å²) in [5.41, 5.74) is 0. The fraction of sp³-hybridized carbons (Fsp3) is 1.00. The highest BCUT2D eigenvalue weighted by Gasteiger charge is 2.23. The van der Waals surface area contributed by atoms with Gasteiger partial charge in [0.05, 0.1) is 6.10 Å². The summed E-state index contributed by atoms with van der Waals surface area (Å²) >= 11 is 0. The molecule has 1 heterocycles. The lowest BCUT2D eigenvalue weighted by Gasteiger charge is -2.35. The molecule has 1 aliphatic heterocycles. The van der Waals surface area contributed by atoms with Crippen molar-refractivity contribution in [3.8, 4) is 0 Å². The molecule has 106 valence electrons. The van der Waals surface area contributed by atoms with Gasteiger partial charge in [0.25, 0.3) is 0 Å². The van der Waals surface area contributed by atoms with Crippen LogP contribution in [0.4, 0.5) is 0 Å². The standard InChI is InChI=1S/C15H30N2O/c1-16-10-7-13(8-11-16)9-12-17(2)14-3-5-15(18)6-4-14/h13-15,18H,3-12H2,1-2H3. The number of nitrogens with zero attached hydrogens (tertiary/aromatic N) is 2. The van der Waals surface area contributed by atoms with Crippen molar-refractivity contribution >= 4 is 0 Å². The topological polar surface area (TPSA) is 26.7 Å². The van der Waals surface area contributed by atoms with Crippen LogP contribution in [0.15, 0.2) is 0 Å². The van der Waals surface area contributed by atoms with Gasteiger partial charge in [-0.25, -0.2) is 0 Å². The molecule has 0 unspecified atom stereocenters. The van der Waals surface area contributed by atoms with Gasteiger partial charge in [-0.05, 0) is 84.6 Å². The summed E-state index contributed by atoms with van der Waals surface area (Å²) in [7, 11) is 4.51. The second kappa shape index (κ2) is 6.88. The van der Waals surface area contributed by atoms with Crippen LogP contribution in [0.2, 0.25) is 0 Å². The van der Waals surface area contributed by atoms with Gasteiger partial charge in [0.1, 0.15) is 0 Å². The molecular weight excluding hydrogens is 224 g/mol. The van der Waals surface area contributed by atoms with Gasteiger partial charge in [-0.1, -0.05) is 0 Å². The normalized spacial score (nSPS) is 32.0. The van der Waals surface area contributed by atoms with Crippen LogP contribution >= 0.6 is 0 Å². The van der Waals surface area contributed by atoms with E-state index in [1.165, 1.54) is 51.7 Å². The van der Waals surface area contributed by atoms with E-state index in [1.807, 2.05) is 0 Å². The average Bonchev–Trinajstić information content (AvgIpc) is 2.38. The Labute approximate surface area is 112 Å². The number of hydrogen-bond acceptors (Lipinski definition) is 3. The van der Waals surface area contributed by atoms with Crippen LogP contribution < -0.4 is 0 Å². The highest BCUT2D eigenvalue weighted by atomic mass is 16.3. The molecule has 1 aliphatic carbocycles. The maximum absolute atomic E-state index is 9.54. The van der Waals surface area contributed by atoms with Gasteiger partial charge in [0.15, 0.2) is 0 Å². The number of aliphatic hydroxyl groups is 1. The molecule has 2 fully saturated rings. The third-order valence-corrected chi connectivity index (χ3v) is 5.02. The lowest BCUT2D eigenvalue weighted by atomic mass is 9.90. The van der Waals surface area contributed by atoms with Gasteiger partial charge in [0, 0.05) is 6.04 Å². The minimum Gasteiger partial charge on any atom is -0.393 e. The zero-order valence-electron chi connectivity index (χ0n) is 12.1. The van der Waals surface area contributed by atoms with Crippen LogP contribution in [-0.2, 0) is 0 Å². The Bertz CT molecular complexity index is 231. The summed E-state index contributed by atoms with van der Waals surface area (Å²) in [6.07, 6.45) is 8.48. The summed E-state index contributed by atoms with van der Waals surface area (Å²) in [6, 6.07) is 0.722. The molecule has 18 heavy (non-hydrogen) atoms. The molecule has 1 N–H and O–H groups in total. The Hall–Kier alpha value is -0.120. The van der Waals surface area contributed by atoms with Gasteiger partial charge < -0.3 is 14.9 Å². The van der Waals surface area contributed by atoms with E-state index >= 15 is 0 Å². The fourth-order valence-electron chi connectivity index (χ4n) is 3.42. The van der Waals surface area contributed by atoms with E-state index in [-0.39, 0.29) is 6.10 Å². The number of aliphatic hydroxyl groups excluding tert-OH is 1. The van der Waals surface area contributed by atoms with Crippen LogP contribution in [0.5, 0.6) is 0 Å². The van der Waals surface area contributed by atoms with Gasteiger partial charge in [-0.15, -0.1) is 0 Å². The minimum absolute atomic E-state index is 0.0245. The molecule has 0 aromatic carbocycles. The lowest BCUT2D eigenvalue weighted by Crippen LogP contribution is -2.38. The first kappa shape index (κ1) is 14.3. The quantitative estimate of drug-likeness (QED) is 0.831. The van der Waals surface area contributed by atoms with Crippen LogP contribution in [0.1, 0.15) is 44.9 Å². The largest absolute Gasteiger partial charge is 0.393 e. The van der Waals surface area contributed by atoms with Crippen molar-refractivity contribution in [3.05, 3.63) is 0 Å². The van der Waals surface area contributed by atoms with Gasteiger partial charge in [-0.3, -0.25) is 0 Å². The van der Waals surface area contributed by atoms with E-state index in [0.29, 0.717) is 0 Å². The first-order valence-electron chi connectivity index (χ1n) is 7.72. The SMILES string of the molecule is CN1CCC(CCN(C)C2CCC(O)CC2)CC1. The monoisotopic (exact) mass is 254 g/mol. The van der Waals surface area contributed by atoms with Crippen LogP contribution in [0.25, 0.3) is 0 Å². The van der Waals surface area contributed by atoms with Crippen molar-refractivity contribution in [2.24, 2.45) is 5.92 Å². The number of piperidine rings is 1. The van der Waals surface area contributed by atoms with Crippen molar-refractivity contribution in [2.45, 2.75) is 57.1 Å². The van der Waals surface area contributed by atoms with Gasteiger partial charge in [-0.2, -0.15) is 0 Å². The molecule has 1 saturated carbocycles. The Balaban J connectivity index is 1.63. The Morgan fingerprint density at radius 1 is 1.06 bits per heavy atom. The van der Waals surface area contributed by atoms with Crippen LogP contribution in [-0.4, -0.2) is 60.8 Å². The smallest absolute Gasteiger partial charge is 0.0541 e. The zero-order chi connectivity index (χ0) is 13.0. The average molecular weight is 254 g/mol. The van der Waals surface area contributed by atoms with Crippen LogP contribution in [0.3, 0.4) is 0 Å². The Kier molecular flexibility index (Phi) is 5.46. The molecule has 0 aromatic rings. The fourth-order valence-corrected chi connectivity index (χ4v) is 3.42. The maximum atomic E-state index is 9.54. The number of hydrogen-bond donors (Lipinski definition) is 1. The first-order chi connectivity index (χ1) is 8.65. The second-order valence-corrected chi connectivity index (χ2v) is 6.48. The van der Waals surface area contributed by atoms with Crippen molar-refractivity contribution in [1.82, 2.24) is 9.80 Å². The molecule has 0 spiro atoms. The lowest BCUT2D eigenvalue weighted by molar-refractivity contribution is 0.0801. The van der Waals surface area contributed by atoms with Crippen molar-refractivity contribution < 1.29 is 5.11 Å². The Morgan fingerprint density at radius 3 is 2.28 bits per heavy atom. The predicted octanol–water partition coefficient (Wildman–Crippen LogP) is 1.95. The molecule has 0 bridgehead atoms. The first-order valence-corrected chi connectivity index (χ1v) is 7.72. The Morgan fingerprint density at radius 2 is 1.67 bits per heavy atom. The maximum Gasteiger partial charge on any atom is 0.0541 e. The third kappa shape index (κ3) is 4.22. The molecule has 1 saturated heterocycles. The van der Waals surface area contributed by atoms with Gasteiger partial charge >= 0.3 is 0 Å². The zero-order valence-corrected chi connectivity index (χ0v) is 12.1. The highest BCUT2D eigenvalue weighted by molar-refractivity contribution is 4.79. The molecule has 3 nitrogen and oxygen atoms in total. The molecule has 2 aliphatic rings. The van der Waals surface area contributed by atoms with Crippen molar-refractivity contribution in [1.29, 1.82) is 0 Å². The third-order valence-electron chi connectivity index (χ3n) is 5.02. The van der Waals surface area contributed by atoms with E-state index in [2.05, 4.69) is 23.9 Å².